The second kappa shape index (κ2) is 6.71. The second-order valence-corrected chi connectivity index (χ2v) is 6.33. The summed E-state index contributed by atoms with van der Waals surface area (Å²) in [5.74, 6) is 0.324. The van der Waals surface area contributed by atoms with Crippen LogP contribution in [0, 0.1) is 5.41 Å². The zero-order valence-electron chi connectivity index (χ0n) is 12.5. The largest absolute Gasteiger partial charge is 0.353 e. The Morgan fingerprint density at radius 1 is 1.32 bits per heavy atom. The topological polar surface area (TPSA) is 44.4 Å². The van der Waals surface area contributed by atoms with Crippen molar-refractivity contribution >= 4 is 5.91 Å². The summed E-state index contributed by atoms with van der Waals surface area (Å²) in [4.78, 5) is 15.0. The van der Waals surface area contributed by atoms with E-state index >= 15 is 0 Å². The Morgan fingerprint density at radius 2 is 1.95 bits per heavy atom. The molecule has 2 fully saturated rings. The van der Waals surface area contributed by atoms with Crippen molar-refractivity contribution in [2.45, 2.75) is 51.5 Å². The molecule has 110 valence electrons. The molecule has 4 heteroatoms. The maximum Gasteiger partial charge on any atom is 0.226 e. The predicted octanol–water partition coefficient (Wildman–Crippen LogP) is 1.37. The van der Waals surface area contributed by atoms with Crippen LogP contribution in [0.1, 0.15) is 45.4 Å². The third-order valence-electron chi connectivity index (χ3n) is 4.82. The van der Waals surface area contributed by atoms with Crippen LogP contribution in [0.3, 0.4) is 0 Å². The zero-order valence-corrected chi connectivity index (χ0v) is 12.5. The van der Waals surface area contributed by atoms with Crippen LogP contribution in [-0.4, -0.2) is 50.1 Å². The van der Waals surface area contributed by atoms with E-state index in [1.165, 1.54) is 0 Å². The van der Waals surface area contributed by atoms with Crippen molar-refractivity contribution in [1.82, 2.24) is 15.5 Å². The normalized spacial score (nSPS) is 25.2. The van der Waals surface area contributed by atoms with Gasteiger partial charge in [-0.15, -0.1) is 0 Å². The van der Waals surface area contributed by atoms with Gasteiger partial charge in [0.05, 0.1) is 5.41 Å². The molecule has 2 aliphatic rings. The first-order valence-electron chi connectivity index (χ1n) is 7.86. The summed E-state index contributed by atoms with van der Waals surface area (Å²) < 4.78 is 0. The number of piperidine rings is 2. The van der Waals surface area contributed by atoms with Crippen molar-refractivity contribution in [3.05, 3.63) is 0 Å². The van der Waals surface area contributed by atoms with Gasteiger partial charge in [0.25, 0.3) is 0 Å². The summed E-state index contributed by atoms with van der Waals surface area (Å²) in [6.45, 7) is 6.37. The molecule has 2 heterocycles. The van der Waals surface area contributed by atoms with Crippen molar-refractivity contribution in [3.63, 3.8) is 0 Å². The van der Waals surface area contributed by atoms with Gasteiger partial charge in [-0.05, 0) is 65.3 Å². The lowest BCUT2D eigenvalue weighted by Crippen LogP contribution is -2.52. The molecular formula is C15H29N3O. The quantitative estimate of drug-likeness (QED) is 0.808. The molecule has 0 unspecified atom stereocenters. The number of rotatable bonds is 4. The Balaban J connectivity index is 1.92. The minimum Gasteiger partial charge on any atom is -0.353 e. The summed E-state index contributed by atoms with van der Waals surface area (Å²) in [7, 11) is 2.16. The van der Waals surface area contributed by atoms with E-state index in [2.05, 4.69) is 29.5 Å². The van der Waals surface area contributed by atoms with Crippen LogP contribution >= 0.6 is 0 Å². The number of nitrogens with one attached hydrogen (secondary N) is 2. The molecule has 0 bridgehead atoms. The van der Waals surface area contributed by atoms with Crippen LogP contribution in [0.5, 0.6) is 0 Å². The van der Waals surface area contributed by atoms with Gasteiger partial charge in [-0.1, -0.05) is 13.3 Å². The molecule has 2 rings (SSSR count). The number of likely N-dealkylation sites (tertiary alicyclic amines) is 1. The predicted molar refractivity (Wildman–Crippen MR) is 78.1 cm³/mol. The molecule has 2 N–H and O–H groups in total. The molecule has 0 saturated carbocycles. The van der Waals surface area contributed by atoms with E-state index in [-0.39, 0.29) is 5.41 Å². The molecule has 0 radical (unpaired) electrons. The van der Waals surface area contributed by atoms with E-state index in [0.29, 0.717) is 11.9 Å². The van der Waals surface area contributed by atoms with Gasteiger partial charge >= 0.3 is 0 Å². The molecule has 4 nitrogen and oxygen atoms in total. The average Bonchev–Trinajstić information content (AvgIpc) is 2.43. The molecule has 1 amide bonds. The van der Waals surface area contributed by atoms with E-state index in [9.17, 15) is 4.79 Å². The maximum atomic E-state index is 12.7. The Labute approximate surface area is 117 Å². The fourth-order valence-corrected chi connectivity index (χ4v) is 3.47. The van der Waals surface area contributed by atoms with E-state index in [1.807, 2.05) is 0 Å². The highest BCUT2D eigenvalue weighted by atomic mass is 16.2. The smallest absolute Gasteiger partial charge is 0.226 e. The summed E-state index contributed by atoms with van der Waals surface area (Å²) in [5, 5.41) is 6.72. The molecule has 0 aromatic heterocycles. The third kappa shape index (κ3) is 3.69. The van der Waals surface area contributed by atoms with Gasteiger partial charge in [0, 0.05) is 6.04 Å². The Hall–Kier alpha value is -0.610. The Bertz CT molecular complexity index is 286. The summed E-state index contributed by atoms with van der Waals surface area (Å²) in [5.41, 5.74) is -0.0939. The van der Waals surface area contributed by atoms with Gasteiger partial charge in [0.2, 0.25) is 5.91 Å². The second-order valence-electron chi connectivity index (χ2n) is 6.33. The first kappa shape index (κ1) is 14.8. The Kier molecular flexibility index (Phi) is 5.22. The standard InChI is InChI=1S/C15H29N3O/c1-3-6-15(7-9-16-10-8-15)14(19)17-13-4-11-18(2)12-5-13/h13,16H,3-12H2,1-2H3,(H,17,19). The molecular weight excluding hydrogens is 238 g/mol. The molecule has 0 atom stereocenters. The molecule has 0 spiro atoms. The Morgan fingerprint density at radius 3 is 2.53 bits per heavy atom. The summed E-state index contributed by atoms with van der Waals surface area (Å²) >= 11 is 0. The van der Waals surface area contributed by atoms with Crippen molar-refractivity contribution in [2.75, 3.05) is 33.2 Å². The molecule has 0 aliphatic carbocycles. The van der Waals surface area contributed by atoms with Gasteiger partial charge in [-0.25, -0.2) is 0 Å². The van der Waals surface area contributed by atoms with Crippen LogP contribution in [0.25, 0.3) is 0 Å². The van der Waals surface area contributed by atoms with Gasteiger partial charge < -0.3 is 15.5 Å². The highest BCUT2D eigenvalue weighted by molar-refractivity contribution is 5.83. The highest BCUT2D eigenvalue weighted by Gasteiger charge is 2.39. The lowest BCUT2D eigenvalue weighted by Gasteiger charge is -2.38. The first-order valence-corrected chi connectivity index (χ1v) is 7.86. The van der Waals surface area contributed by atoms with Crippen molar-refractivity contribution < 1.29 is 4.79 Å². The lowest BCUT2D eigenvalue weighted by atomic mass is 9.74. The number of amides is 1. The fourth-order valence-electron chi connectivity index (χ4n) is 3.47. The van der Waals surface area contributed by atoms with Gasteiger partial charge in [0.1, 0.15) is 0 Å². The van der Waals surface area contributed by atoms with Crippen molar-refractivity contribution in [3.8, 4) is 0 Å². The third-order valence-corrected chi connectivity index (χ3v) is 4.82. The molecule has 19 heavy (non-hydrogen) atoms. The van der Waals surface area contributed by atoms with Gasteiger partial charge in [-0.3, -0.25) is 4.79 Å². The number of carbonyl (C=O) groups excluding carboxylic acids is 1. The van der Waals surface area contributed by atoms with Crippen LogP contribution in [0.15, 0.2) is 0 Å². The van der Waals surface area contributed by atoms with Crippen LogP contribution in [0.4, 0.5) is 0 Å². The molecule has 0 aromatic rings. The SMILES string of the molecule is CCCC1(C(=O)NC2CCN(C)CC2)CCNCC1. The number of hydrogen-bond donors (Lipinski definition) is 2. The minimum absolute atomic E-state index is 0.0939. The van der Waals surface area contributed by atoms with Crippen molar-refractivity contribution in [2.24, 2.45) is 5.41 Å². The zero-order chi connectivity index (χ0) is 13.7. The fraction of sp³-hybridized carbons (Fsp3) is 0.933. The molecule has 0 aromatic carbocycles. The number of hydrogen-bond acceptors (Lipinski definition) is 3. The lowest BCUT2D eigenvalue weighted by molar-refractivity contribution is -0.134. The van der Waals surface area contributed by atoms with Crippen LogP contribution in [0.2, 0.25) is 0 Å². The van der Waals surface area contributed by atoms with Gasteiger partial charge in [0.15, 0.2) is 0 Å². The summed E-state index contributed by atoms with van der Waals surface area (Å²) in [6.07, 6.45) is 6.33. The van der Waals surface area contributed by atoms with E-state index in [1.54, 1.807) is 0 Å². The number of nitrogens with zero attached hydrogens (tertiary/aromatic N) is 1. The maximum absolute atomic E-state index is 12.7. The molecule has 2 saturated heterocycles. The van der Waals surface area contributed by atoms with E-state index in [0.717, 1.165) is 64.7 Å². The molecule has 2 aliphatic heterocycles. The van der Waals surface area contributed by atoms with Gasteiger partial charge in [-0.2, -0.15) is 0 Å². The van der Waals surface area contributed by atoms with Crippen molar-refractivity contribution in [1.29, 1.82) is 0 Å². The number of carbonyl (C=O) groups is 1. The average molecular weight is 267 g/mol. The van der Waals surface area contributed by atoms with E-state index < -0.39 is 0 Å². The minimum atomic E-state index is -0.0939. The summed E-state index contributed by atoms with van der Waals surface area (Å²) in [6, 6.07) is 0.396. The van der Waals surface area contributed by atoms with Crippen LogP contribution < -0.4 is 10.6 Å². The van der Waals surface area contributed by atoms with E-state index in [4.69, 9.17) is 0 Å². The van der Waals surface area contributed by atoms with Crippen LogP contribution in [-0.2, 0) is 4.79 Å². The highest BCUT2D eigenvalue weighted by Crippen LogP contribution is 2.34. The first-order chi connectivity index (χ1) is 9.16. The monoisotopic (exact) mass is 267 g/mol.